The molecule has 2 aliphatic rings. The minimum atomic E-state index is -4.67. The van der Waals surface area contributed by atoms with Crippen molar-refractivity contribution in [2.24, 2.45) is 0 Å². The second kappa shape index (κ2) is 10.8. The number of aromatic nitrogens is 5. The van der Waals surface area contributed by atoms with Gasteiger partial charge in [-0.25, -0.2) is 14.6 Å². The summed E-state index contributed by atoms with van der Waals surface area (Å²) in [4.78, 5) is 15.0. The monoisotopic (exact) mass is 533 g/mol. The number of anilines is 2. The second-order valence-electron chi connectivity index (χ2n) is 10.3. The van der Waals surface area contributed by atoms with Crippen molar-refractivity contribution < 1.29 is 13.2 Å². The maximum atomic E-state index is 13.6. The summed E-state index contributed by atoms with van der Waals surface area (Å²) in [5.41, 5.74) is 5.36. The smallest absolute Gasteiger partial charge is 0.324 e. The van der Waals surface area contributed by atoms with Crippen LogP contribution in [0.15, 0.2) is 60.9 Å². The number of hydrogen-bond acceptors (Lipinski definition) is 6. The molecule has 1 aliphatic heterocycles. The standard InChI is InChI=1S/C29H30F3N7/c30-29(31,32)27-36-28(39(37-27)18-24-17-26(34-19-33-24)21-6-2-1-3-7-21)35-23-11-8-20-9-12-25(13-10-22(20)16-23)38-14-4-5-15-38/h1-3,6-8,11,16-17,19,25H,4-5,9-10,12-15,18H2,(H,35,36,37). The summed E-state index contributed by atoms with van der Waals surface area (Å²) in [7, 11) is 0. The van der Waals surface area contributed by atoms with Crippen molar-refractivity contribution in [1.82, 2.24) is 29.6 Å². The third kappa shape index (κ3) is 5.80. The van der Waals surface area contributed by atoms with Gasteiger partial charge in [0.15, 0.2) is 0 Å². The average molecular weight is 534 g/mol. The van der Waals surface area contributed by atoms with Crippen molar-refractivity contribution in [3.63, 3.8) is 0 Å². The van der Waals surface area contributed by atoms with Crippen molar-refractivity contribution in [3.05, 3.63) is 83.6 Å². The molecule has 0 spiro atoms. The van der Waals surface area contributed by atoms with E-state index in [-0.39, 0.29) is 12.5 Å². The Labute approximate surface area is 225 Å². The van der Waals surface area contributed by atoms with E-state index in [1.54, 1.807) is 6.07 Å². The summed E-state index contributed by atoms with van der Waals surface area (Å²) in [5.74, 6) is -1.17. The van der Waals surface area contributed by atoms with E-state index in [9.17, 15) is 13.2 Å². The molecule has 7 nitrogen and oxygen atoms in total. The fraction of sp³-hybridized carbons (Fsp3) is 0.379. The Hall–Kier alpha value is -3.79. The summed E-state index contributed by atoms with van der Waals surface area (Å²) in [6.45, 7) is 2.38. The molecule has 3 heterocycles. The molecule has 2 aromatic carbocycles. The zero-order valence-corrected chi connectivity index (χ0v) is 21.5. The lowest BCUT2D eigenvalue weighted by atomic mass is 10.0. The average Bonchev–Trinajstić information content (AvgIpc) is 3.56. The number of rotatable bonds is 6. The Balaban J connectivity index is 1.24. The van der Waals surface area contributed by atoms with Crippen molar-refractivity contribution in [3.8, 4) is 11.3 Å². The van der Waals surface area contributed by atoms with Gasteiger partial charge in [-0.1, -0.05) is 36.4 Å². The van der Waals surface area contributed by atoms with Crippen LogP contribution in [0, 0.1) is 0 Å². The van der Waals surface area contributed by atoms with Crippen molar-refractivity contribution in [2.75, 3.05) is 18.4 Å². The number of nitrogens with zero attached hydrogens (tertiary/aromatic N) is 6. The van der Waals surface area contributed by atoms with E-state index in [1.807, 2.05) is 42.5 Å². The summed E-state index contributed by atoms with van der Waals surface area (Å²) < 4.78 is 42.0. The first-order chi connectivity index (χ1) is 18.9. The first kappa shape index (κ1) is 25.5. The molecule has 0 amide bonds. The summed E-state index contributed by atoms with van der Waals surface area (Å²) in [6.07, 6.45) is 3.52. The zero-order valence-electron chi connectivity index (χ0n) is 21.5. The zero-order chi connectivity index (χ0) is 26.8. The third-order valence-corrected chi connectivity index (χ3v) is 7.64. The molecule has 202 valence electrons. The molecule has 6 rings (SSSR count). The Morgan fingerprint density at radius 2 is 1.67 bits per heavy atom. The SMILES string of the molecule is FC(F)(F)c1nc(Nc2ccc3c(c2)CCC(N2CCCC2)CC3)n(Cc2cc(-c3ccccc3)ncn2)n1. The van der Waals surface area contributed by atoms with Gasteiger partial charge in [-0.15, -0.1) is 5.10 Å². The number of aryl methyl sites for hydroxylation is 2. The van der Waals surface area contributed by atoms with Crippen LogP contribution in [0.3, 0.4) is 0 Å². The van der Waals surface area contributed by atoms with Gasteiger partial charge in [-0.2, -0.15) is 18.2 Å². The van der Waals surface area contributed by atoms with Gasteiger partial charge in [0.05, 0.1) is 17.9 Å². The second-order valence-corrected chi connectivity index (χ2v) is 10.3. The minimum absolute atomic E-state index is 0.0101. The van der Waals surface area contributed by atoms with Crippen LogP contribution >= 0.6 is 0 Å². The van der Waals surface area contributed by atoms with Gasteiger partial charge in [0.2, 0.25) is 5.95 Å². The topological polar surface area (TPSA) is 71.8 Å². The van der Waals surface area contributed by atoms with Gasteiger partial charge in [0.25, 0.3) is 5.82 Å². The van der Waals surface area contributed by atoms with E-state index in [1.165, 1.54) is 48.1 Å². The fourth-order valence-electron chi connectivity index (χ4n) is 5.64. The Morgan fingerprint density at radius 1 is 0.897 bits per heavy atom. The molecule has 4 aromatic rings. The molecule has 10 heteroatoms. The van der Waals surface area contributed by atoms with Crippen LogP contribution in [0.1, 0.15) is 48.3 Å². The molecule has 0 saturated carbocycles. The number of nitrogens with one attached hydrogen (secondary N) is 1. The molecule has 1 fully saturated rings. The van der Waals surface area contributed by atoms with Crippen molar-refractivity contribution in [2.45, 2.75) is 57.3 Å². The highest BCUT2D eigenvalue weighted by Gasteiger charge is 2.37. The molecular formula is C29H30F3N7. The van der Waals surface area contributed by atoms with Crippen LogP contribution in [0.4, 0.5) is 24.8 Å². The van der Waals surface area contributed by atoms with Crippen LogP contribution in [-0.4, -0.2) is 48.8 Å². The predicted molar refractivity (Wildman–Crippen MR) is 143 cm³/mol. The van der Waals surface area contributed by atoms with E-state index in [0.717, 1.165) is 31.2 Å². The van der Waals surface area contributed by atoms with E-state index in [4.69, 9.17) is 0 Å². The van der Waals surface area contributed by atoms with Crippen molar-refractivity contribution in [1.29, 1.82) is 0 Å². The lowest BCUT2D eigenvalue weighted by Crippen LogP contribution is -2.32. The van der Waals surface area contributed by atoms with E-state index in [0.29, 0.717) is 23.1 Å². The molecule has 1 unspecified atom stereocenters. The summed E-state index contributed by atoms with van der Waals surface area (Å²) >= 11 is 0. The van der Waals surface area contributed by atoms with Gasteiger partial charge in [-0.05, 0) is 80.9 Å². The summed E-state index contributed by atoms with van der Waals surface area (Å²) in [6, 6.07) is 18.0. The molecule has 1 saturated heterocycles. The largest absolute Gasteiger partial charge is 0.453 e. The predicted octanol–water partition coefficient (Wildman–Crippen LogP) is 5.89. The van der Waals surface area contributed by atoms with Crippen LogP contribution < -0.4 is 5.32 Å². The van der Waals surface area contributed by atoms with Gasteiger partial charge < -0.3 is 10.2 Å². The normalized spacial score (nSPS) is 18.1. The van der Waals surface area contributed by atoms with E-state index < -0.39 is 12.0 Å². The van der Waals surface area contributed by atoms with E-state index in [2.05, 4.69) is 36.3 Å². The number of likely N-dealkylation sites (tertiary alicyclic amines) is 1. The maximum Gasteiger partial charge on any atom is 0.453 e. The van der Waals surface area contributed by atoms with Crippen LogP contribution in [0.2, 0.25) is 0 Å². The highest BCUT2D eigenvalue weighted by molar-refractivity contribution is 5.59. The molecular weight excluding hydrogens is 503 g/mol. The molecule has 1 N–H and O–H groups in total. The number of alkyl halides is 3. The Bertz CT molecular complexity index is 1430. The third-order valence-electron chi connectivity index (χ3n) is 7.64. The van der Waals surface area contributed by atoms with Gasteiger partial charge >= 0.3 is 6.18 Å². The molecule has 2 aromatic heterocycles. The number of hydrogen-bond donors (Lipinski definition) is 1. The first-order valence-electron chi connectivity index (χ1n) is 13.4. The molecule has 1 aliphatic carbocycles. The maximum absolute atomic E-state index is 13.6. The Kier molecular flexibility index (Phi) is 7.03. The van der Waals surface area contributed by atoms with E-state index >= 15 is 0 Å². The Morgan fingerprint density at radius 3 is 2.44 bits per heavy atom. The molecule has 0 radical (unpaired) electrons. The molecule has 39 heavy (non-hydrogen) atoms. The quantitative estimate of drug-likeness (QED) is 0.312. The lowest BCUT2D eigenvalue weighted by molar-refractivity contribution is -0.144. The molecule has 1 atom stereocenters. The first-order valence-corrected chi connectivity index (χ1v) is 13.4. The van der Waals surface area contributed by atoms with Gasteiger partial charge in [-0.3, -0.25) is 0 Å². The van der Waals surface area contributed by atoms with Crippen LogP contribution in [0.5, 0.6) is 0 Å². The lowest BCUT2D eigenvalue weighted by Gasteiger charge is -2.25. The van der Waals surface area contributed by atoms with Crippen LogP contribution in [0.25, 0.3) is 11.3 Å². The molecule has 0 bridgehead atoms. The highest BCUT2D eigenvalue weighted by atomic mass is 19.4. The minimum Gasteiger partial charge on any atom is -0.324 e. The van der Waals surface area contributed by atoms with Gasteiger partial charge in [0, 0.05) is 17.3 Å². The van der Waals surface area contributed by atoms with Crippen LogP contribution in [-0.2, 0) is 25.6 Å². The number of halogens is 3. The highest BCUT2D eigenvalue weighted by Crippen LogP contribution is 2.31. The fourth-order valence-corrected chi connectivity index (χ4v) is 5.64. The summed E-state index contributed by atoms with van der Waals surface area (Å²) in [5, 5.41) is 6.89. The van der Waals surface area contributed by atoms with Crippen molar-refractivity contribution >= 4 is 11.6 Å². The number of benzene rings is 2. The number of fused-ring (bicyclic) bond motifs is 1. The van der Waals surface area contributed by atoms with Gasteiger partial charge in [0.1, 0.15) is 6.33 Å².